The molecule has 0 saturated heterocycles. The van der Waals surface area contributed by atoms with E-state index in [0.717, 1.165) is 10.0 Å². The molecule has 29 heavy (non-hydrogen) atoms. The third-order valence-electron chi connectivity index (χ3n) is 4.71. The Balaban J connectivity index is 1.72. The van der Waals surface area contributed by atoms with Crippen LogP contribution in [0, 0.1) is 0 Å². The van der Waals surface area contributed by atoms with Crippen LogP contribution >= 0.6 is 15.9 Å². The van der Waals surface area contributed by atoms with Gasteiger partial charge < -0.3 is 10.2 Å². The fourth-order valence-corrected chi connectivity index (χ4v) is 5.15. The molecule has 0 saturated carbocycles. The maximum atomic E-state index is 12.8. The summed E-state index contributed by atoms with van der Waals surface area (Å²) in [4.78, 5) is 26.4. The summed E-state index contributed by atoms with van der Waals surface area (Å²) >= 11 is 3.37. The highest BCUT2D eigenvalue weighted by molar-refractivity contribution is 9.10. The highest BCUT2D eigenvalue weighted by Crippen LogP contribution is 2.34. The molecule has 1 heterocycles. The van der Waals surface area contributed by atoms with E-state index in [9.17, 15) is 18.0 Å². The van der Waals surface area contributed by atoms with Crippen LogP contribution in [0.3, 0.4) is 0 Å². The zero-order valence-electron chi connectivity index (χ0n) is 16.3. The molecule has 154 valence electrons. The Morgan fingerprint density at radius 2 is 1.93 bits per heavy atom. The molecule has 1 N–H and O–H groups in total. The Labute approximate surface area is 178 Å². The van der Waals surface area contributed by atoms with Gasteiger partial charge in [0.1, 0.15) is 0 Å². The third kappa shape index (κ3) is 4.62. The molecule has 2 amide bonds. The first-order valence-corrected chi connectivity index (χ1v) is 11.6. The summed E-state index contributed by atoms with van der Waals surface area (Å²) in [6, 6.07) is 12.0. The number of hydrogen-bond acceptors (Lipinski definition) is 4. The van der Waals surface area contributed by atoms with E-state index >= 15 is 0 Å². The number of nitrogens with one attached hydrogen (secondary N) is 1. The Hall–Kier alpha value is -2.39. The minimum Gasteiger partial charge on any atom is -0.332 e. The molecule has 3 rings (SSSR count). The van der Waals surface area contributed by atoms with Crippen molar-refractivity contribution in [1.29, 1.82) is 0 Å². The molecule has 0 unspecified atom stereocenters. The van der Waals surface area contributed by atoms with E-state index in [2.05, 4.69) is 21.2 Å². The fraction of sp³-hybridized carbons (Fsp3) is 0.300. The lowest BCUT2D eigenvalue weighted by Gasteiger charge is -2.22. The number of halogens is 1. The van der Waals surface area contributed by atoms with Gasteiger partial charge in [-0.25, -0.2) is 8.42 Å². The van der Waals surface area contributed by atoms with E-state index in [-0.39, 0.29) is 24.4 Å². The van der Waals surface area contributed by atoms with Crippen molar-refractivity contribution in [3.05, 3.63) is 58.1 Å². The van der Waals surface area contributed by atoms with Crippen LogP contribution in [0.4, 0.5) is 11.4 Å². The van der Waals surface area contributed by atoms with Crippen LogP contribution in [-0.4, -0.2) is 51.0 Å². The van der Waals surface area contributed by atoms with Crippen LogP contribution in [-0.2, 0) is 21.2 Å². The Bertz CT molecular complexity index is 1070. The van der Waals surface area contributed by atoms with Gasteiger partial charge in [-0.15, -0.1) is 0 Å². The van der Waals surface area contributed by atoms with E-state index < -0.39 is 10.0 Å². The van der Waals surface area contributed by atoms with Gasteiger partial charge in [0.2, 0.25) is 15.9 Å². The maximum absolute atomic E-state index is 12.8. The van der Waals surface area contributed by atoms with Gasteiger partial charge in [0.25, 0.3) is 5.91 Å². The van der Waals surface area contributed by atoms with Gasteiger partial charge in [-0.3, -0.25) is 13.9 Å². The molecule has 0 radical (unpaired) electrons. The summed E-state index contributed by atoms with van der Waals surface area (Å²) in [7, 11) is -1.83. The number of fused-ring (bicyclic) bond motifs is 1. The molecule has 1 aliphatic heterocycles. The lowest BCUT2D eigenvalue weighted by Crippen LogP contribution is -2.35. The molecule has 0 aromatic heterocycles. The van der Waals surface area contributed by atoms with Crippen molar-refractivity contribution in [2.45, 2.75) is 19.4 Å². The topological polar surface area (TPSA) is 86.8 Å². The molecular formula is C20H22BrN3O4S. The third-order valence-corrected chi connectivity index (χ3v) is 6.67. The smallest absolute Gasteiger partial charge is 0.254 e. The summed E-state index contributed by atoms with van der Waals surface area (Å²) in [5, 5.41) is 2.76. The number of sulfonamides is 1. The van der Waals surface area contributed by atoms with E-state index in [4.69, 9.17) is 0 Å². The van der Waals surface area contributed by atoms with Crippen molar-refractivity contribution in [1.82, 2.24) is 4.90 Å². The van der Waals surface area contributed by atoms with Crippen molar-refractivity contribution in [3.8, 4) is 0 Å². The monoisotopic (exact) mass is 479 g/mol. The molecular weight excluding hydrogens is 458 g/mol. The number of likely N-dealkylation sites (N-methyl/N-ethyl adjacent to an activating group) is 1. The second-order valence-electron chi connectivity index (χ2n) is 7.14. The first-order valence-electron chi connectivity index (χ1n) is 9.00. The van der Waals surface area contributed by atoms with Crippen LogP contribution < -0.4 is 9.62 Å². The molecule has 7 nitrogen and oxygen atoms in total. The van der Waals surface area contributed by atoms with Gasteiger partial charge in [-0.05, 0) is 65.2 Å². The molecule has 2 aromatic rings. The van der Waals surface area contributed by atoms with E-state index in [0.29, 0.717) is 23.4 Å². The zero-order valence-corrected chi connectivity index (χ0v) is 18.7. The second kappa shape index (κ2) is 8.16. The SMILES string of the molecule is C[C@H]1Cc2cc(C(=O)N(C)CC(=O)Nc3ccccc3Br)ccc2N1S(C)(=O)=O. The number of rotatable bonds is 5. The number of carbonyl (C=O) groups is 2. The molecule has 2 aromatic carbocycles. The van der Waals surface area contributed by atoms with E-state index in [1.807, 2.05) is 19.1 Å². The molecule has 0 bridgehead atoms. The van der Waals surface area contributed by atoms with Crippen molar-refractivity contribution in [3.63, 3.8) is 0 Å². The van der Waals surface area contributed by atoms with Crippen LogP contribution in [0.15, 0.2) is 46.9 Å². The molecule has 0 fully saturated rings. The van der Waals surface area contributed by atoms with Crippen molar-refractivity contribution in [2.24, 2.45) is 0 Å². The number of anilines is 2. The predicted molar refractivity (Wildman–Crippen MR) is 117 cm³/mol. The quantitative estimate of drug-likeness (QED) is 0.713. The largest absolute Gasteiger partial charge is 0.332 e. The zero-order chi connectivity index (χ0) is 21.3. The van der Waals surface area contributed by atoms with Gasteiger partial charge in [0.05, 0.1) is 24.2 Å². The minimum atomic E-state index is -3.38. The van der Waals surface area contributed by atoms with Crippen molar-refractivity contribution >= 4 is 49.1 Å². The molecule has 1 atom stereocenters. The Morgan fingerprint density at radius 1 is 1.24 bits per heavy atom. The van der Waals surface area contributed by atoms with Crippen LogP contribution in [0.1, 0.15) is 22.8 Å². The first kappa shape index (κ1) is 21.3. The second-order valence-corrected chi connectivity index (χ2v) is 9.86. The summed E-state index contributed by atoms with van der Waals surface area (Å²) in [5.74, 6) is -0.619. The number of nitrogens with zero attached hydrogens (tertiary/aromatic N) is 2. The predicted octanol–water partition coefficient (Wildman–Crippen LogP) is 2.87. The average Bonchev–Trinajstić information content (AvgIpc) is 2.97. The van der Waals surface area contributed by atoms with Crippen LogP contribution in [0.25, 0.3) is 0 Å². The number of benzene rings is 2. The van der Waals surface area contributed by atoms with Crippen molar-refractivity contribution in [2.75, 3.05) is 29.5 Å². The number of para-hydroxylation sites is 1. The van der Waals surface area contributed by atoms with Gasteiger partial charge in [-0.2, -0.15) is 0 Å². The first-order chi connectivity index (χ1) is 13.6. The van der Waals surface area contributed by atoms with Gasteiger partial charge >= 0.3 is 0 Å². The van der Waals surface area contributed by atoms with Gasteiger partial charge in [0, 0.05) is 23.1 Å². The van der Waals surface area contributed by atoms with Gasteiger partial charge in [0.15, 0.2) is 0 Å². The van der Waals surface area contributed by atoms with Crippen LogP contribution in [0.2, 0.25) is 0 Å². The Morgan fingerprint density at radius 3 is 2.59 bits per heavy atom. The van der Waals surface area contributed by atoms with Crippen molar-refractivity contribution < 1.29 is 18.0 Å². The molecule has 0 spiro atoms. The van der Waals surface area contributed by atoms with Crippen LogP contribution in [0.5, 0.6) is 0 Å². The van der Waals surface area contributed by atoms with E-state index in [1.165, 1.54) is 15.5 Å². The fourth-order valence-electron chi connectivity index (χ4n) is 3.50. The molecule has 9 heteroatoms. The summed E-state index contributed by atoms with van der Waals surface area (Å²) in [5.41, 5.74) is 2.46. The Kier molecular flexibility index (Phi) is 6.00. The van der Waals surface area contributed by atoms with Gasteiger partial charge in [-0.1, -0.05) is 12.1 Å². The molecule has 1 aliphatic rings. The number of hydrogen-bond donors (Lipinski definition) is 1. The standard InChI is InChI=1S/C20H22BrN3O4S/c1-13-10-15-11-14(8-9-18(15)24(13)29(3,27)28)20(26)23(2)12-19(25)22-17-7-5-4-6-16(17)21/h4-9,11,13H,10,12H2,1-3H3,(H,22,25)/t13-/m0/s1. The highest BCUT2D eigenvalue weighted by Gasteiger charge is 2.33. The summed E-state index contributed by atoms with van der Waals surface area (Å²) < 4.78 is 26.2. The average molecular weight is 480 g/mol. The molecule has 0 aliphatic carbocycles. The lowest BCUT2D eigenvalue weighted by molar-refractivity contribution is -0.116. The van der Waals surface area contributed by atoms with E-state index in [1.54, 1.807) is 37.4 Å². The maximum Gasteiger partial charge on any atom is 0.254 e. The number of carbonyl (C=O) groups excluding carboxylic acids is 2. The highest BCUT2D eigenvalue weighted by atomic mass is 79.9. The minimum absolute atomic E-state index is 0.108. The normalized spacial score (nSPS) is 15.7. The summed E-state index contributed by atoms with van der Waals surface area (Å²) in [6.45, 7) is 1.73. The number of amides is 2. The summed E-state index contributed by atoms with van der Waals surface area (Å²) in [6.07, 6.45) is 1.71. The lowest BCUT2D eigenvalue weighted by atomic mass is 10.1.